The fourth-order valence-corrected chi connectivity index (χ4v) is 3.79. The highest BCUT2D eigenvalue weighted by atomic mass is 32.2. The maximum Gasteiger partial charge on any atom is 0.274 e. The molecule has 0 bridgehead atoms. The summed E-state index contributed by atoms with van der Waals surface area (Å²) < 4.78 is 0. The van der Waals surface area contributed by atoms with Crippen LogP contribution in [0.2, 0.25) is 0 Å². The predicted octanol–water partition coefficient (Wildman–Crippen LogP) is 3.40. The van der Waals surface area contributed by atoms with Crippen LogP contribution in [0.15, 0.2) is 71.0 Å². The number of rotatable bonds is 3. The van der Waals surface area contributed by atoms with Crippen molar-refractivity contribution >= 4 is 29.0 Å². The van der Waals surface area contributed by atoms with Crippen LogP contribution in [0.25, 0.3) is 0 Å². The van der Waals surface area contributed by atoms with Crippen LogP contribution in [0.1, 0.15) is 15.9 Å². The molecule has 2 N–H and O–H groups in total. The Balaban J connectivity index is 1.69. The van der Waals surface area contributed by atoms with E-state index in [4.69, 9.17) is 5.21 Å². The number of hydrogen-bond donors (Lipinski definition) is 2. The van der Waals surface area contributed by atoms with E-state index in [9.17, 15) is 4.79 Å². The minimum absolute atomic E-state index is 0.409. The Labute approximate surface area is 148 Å². The first kappa shape index (κ1) is 15.6. The Hall–Kier alpha value is -2.90. The van der Waals surface area contributed by atoms with Gasteiger partial charge in [0.05, 0.1) is 22.5 Å². The number of nitrogens with zero attached hydrogens (tertiary/aromatic N) is 3. The molecule has 0 radical (unpaired) electrons. The van der Waals surface area contributed by atoms with Crippen LogP contribution >= 0.6 is 11.8 Å². The summed E-state index contributed by atoms with van der Waals surface area (Å²) >= 11 is 1.68. The van der Waals surface area contributed by atoms with Gasteiger partial charge in [0.2, 0.25) is 0 Å². The molecule has 7 heteroatoms. The van der Waals surface area contributed by atoms with Gasteiger partial charge in [0, 0.05) is 35.6 Å². The van der Waals surface area contributed by atoms with Gasteiger partial charge in [0.25, 0.3) is 5.91 Å². The number of nitrogens with one attached hydrogen (secondary N) is 1. The zero-order valence-corrected chi connectivity index (χ0v) is 13.9. The average Bonchev–Trinajstić information content (AvgIpc) is 2.67. The molecule has 0 fully saturated rings. The van der Waals surface area contributed by atoms with Gasteiger partial charge in [-0.15, -0.1) is 0 Å². The summed E-state index contributed by atoms with van der Waals surface area (Å²) in [6.45, 7) is 0.636. The van der Waals surface area contributed by atoms with Crippen molar-refractivity contribution in [2.24, 2.45) is 0 Å². The number of pyridine rings is 2. The summed E-state index contributed by atoms with van der Waals surface area (Å²) in [6.07, 6.45) is 7.29. The highest BCUT2D eigenvalue weighted by Crippen LogP contribution is 2.47. The smallest absolute Gasteiger partial charge is 0.274 e. The molecule has 0 saturated carbocycles. The van der Waals surface area contributed by atoms with E-state index in [-0.39, 0.29) is 0 Å². The Bertz CT molecular complexity index is 885. The van der Waals surface area contributed by atoms with Crippen molar-refractivity contribution < 1.29 is 10.0 Å². The minimum atomic E-state index is -0.521. The first-order chi connectivity index (χ1) is 12.3. The normalized spacial score (nSPS) is 12.3. The van der Waals surface area contributed by atoms with Crippen molar-refractivity contribution in [2.45, 2.75) is 16.3 Å². The van der Waals surface area contributed by atoms with Crippen LogP contribution in [0, 0.1) is 0 Å². The number of amides is 1. The number of anilines is 2. The molecule has 3 aromatic rings. The quantitative estimate of drug-likeness (QED) is 0.557. The van der Waals surface area contributed by atoms with E-state index in [2.05, 4.69) is 14.9 Å². The Morgan fingerprint density at radius 1 is 1.00 bits per heavy atom. The predicted molar refractivity (Wildman–Crippen MR) is 94.1 cm³/mol. The van der Waals surface area contributed by atoms with Gasteiger partial charge in [-0.05, 0) is 29.8 Å². The van der Waals surface area contributed by atoms with E-state index in [1.807, 2.05) is 36.7 Å². The molecule has 0 unspecified atom stereocenters. The van der Waals surface area contributed by atoms with Gasteiger partial charge in [-0.2, -0.15) is 0 Å². The first-order valence-corrected chi connectivity index (χ1v) is 8.45. The average molecular weight is 350 g/mol. The number of benzene rings is 1. The zero-order chi connectivity index (χ0) is 17.2. The van der Waals surface area contributed by atoms with Crippen LogP contribution in [-0.4, -0.2) is 21.1 Å². The van der Waals surface area contributed by atoms with Gasteiger partial charge < -0.3 is 4.90 Å². The molecule has 6 nitrogen and oxygen atoms in total. The molecule has 0 aliphatic carbocycles. The topological polar surface area (TPSA) is 78.4 Å². The van der Waals surface area contributed by atoms with Gasteiger partial charge in [-0.25, -0.2) is 5.48 Å². The van der Waals surface area contributed by atoms with Crippen LogP contribution < -0.4 is 10.4 Å². The molecule has 0 saturated heterocycles. The summed E-state index contributed by atoms with van der Waals surface area (Å²) in [6, 6.07) is 11.1. The molecule has 4 rings (SSSR count). The lowest BCUT2D eigenvalue weighted by atomic mass is 10.1. The van der Waals surface area contributed by atoms with Crippen molar-refractivity contribution in [2.75, 3.05) is 4.90 Å². The highest BCUT2D eigenvalue weighted by molar-refractivity contribution is 7.99. The lowest BCUT2D eigenvalue weighted by molar-refractivity contribution is 0.0706. The first-order valence-electron chi connectivity index (χ1n) is 7.63. The fourth-order valence-electron chi connectivity index (χ4n) is 2.76. The molecule has 3 heterocycles. The summed E-state index contributed by atoms with van der Waals surface area (Å²) in [5, 5.41) is 8.71. The number of hydrogen-bond acceptors (Lipinski definition) is 6. The number of aromatic nitrogens is 2. The van der Waals surface area contributed by atoms with E-state index in [0.717, 1.165) is 26.7 Å². The van der Waals surface area contributed by atoms with Gasteiger partial charge in [0.15, 0.2) is 0 Å². The maximum atomic E-state index is 11.5. The lowest BCUT2D eigenvalue weighted by Crippen LogP contribution is -2.21. The zero-order valence-electron chi connectivity index (χ0n) is 13.1. The van der Waals surface area contributed by atoms with Gasteiger partial charge in [0.1, 0.15) is 0 Å². The summed E-state index contributed by atoms with van der Waals surface area (Å²) in [5.74, 6) is -0.521. The molecule has 124 valence electrons. The van der Waals surface area contributed by atoms with Crippen molar-refractivity contribution in [1.82, 2.24) is 15.4 Å². The molecule has 2 aromatic heterocycles. The third kappa shape index (κ3) is 2.95. The van der Waals surface area contributed by atoms with Crippen LogP contribution in [0.4, 0.5) is 11.4 Å². The third-order valence-electron chi connectivity index (χ3n) is 3.98. The van der Waals surface area contributed by atoms with Gasteiger partial charge in [-0.3, -0.25) is 20.0 Å². The third-order valence-corrected chi connectivity index (χ3v) is 5.08. The number of carbonyl (C=O) groups excluding carboxylic acids is 1. The van der Waals surface area contributed by atoms with Crippen molar-refractivity contribution in [3.8, 4) is 0 Å². The largest absolute Gasteiger partial charge is 0.334 e. The number of hydroxylamine groups is 1. The second-order valence-electron chi connectivity index (χ2n) is 5.51. The SMILES string of the molecule is O=C(NO)c1ccc(CN2c3ccncc3Sc3ccncc32)cc1. The van der Waals surface area contributed by atoms with Gasteiger partial charge >= 0.3 is 0 Å². The highest BCUT2D eigenvalue weighted by Gasteiger charge is 2.23. The van der Waals surface area contributed by atoms with Crippen molar-refractivity contribution in [3.63, 3.8) is 0 Å². The van der Waals surface area contributed by atoms with Crippen LogP contribution in [0.3, 0.4) is 0 Å². The van der Waals surface area contributed by atoms with E-state index in [0.29, 0.717) is 12.1 Å². The lowest BCUT2D eigenvalue weighted by Gasteiger charge is -2.32. The van der Waals surface area contributed by atoms with E-state index in [1.54, 1.807) is 41.8 Å². The molecule has 0 atom stereocenters. The Morgan fingerprint density at radius 2 is 1.76 bits per heavy atom. The van der Waals surface area contributed by atoms with E-state index in [1.165, 1.54) is 0 Å². The van der Waals surface area contributed by atoms with E-state index < -0.39 is 5.91 Å². The summed E-state index contributed by atoms with van der Waals surface area (Å²) in [4.78, 5) is 24.4. The molecule has 0 spiro atoms. The van der Waals surface area contributed by atoms with Crippen molar-refractivity contribution in [1.29, 1.82) is 0 Å². The van der Waals surface area contributed by atoms with Crippen LogP contribution in [0.5, 0.6) is 0 Å². The summed E-state index contributed by atoms with van der Waals surface area (Å²) in [7, 11) is 0. The molecule has 1 aliphatic rings. The number of fused-ring (bicyclic) bond motifs is 2. The summed E-state index contributed by atoms with van der Waals surface area (Å²) in [5.41, 5.74) is 5.22. The van der Waals surface area contributed by atoms with Crippen LogP contribution in [-0.2, 0) is 6.54 Å². The molecular weight excluding hydrogens is 336 g/mol. The molecule has 25 heavy (non-hydrogen) atoms. The molecule has 1 amide bonds. The second kappa shape index (κ2) is 6.54. The molecular formula is C18H14N4O2S. The maximum absolute atomic E-state index is 11.5. The van der Waals surface area contributed by atoms with Gasteiger partial charge in [-0.1, -0.05) is 23.9 Å². The number of carbonyl (C=O) groups is 1. The Morgan fingerprint density at radius 3 is 2.56 bits per heavy atom. The monoisotopic (exact) mass is 350 g/mol. The van der Waals surface area contributed by atoms with Crippen molar-refractivity contribution in [3.05, 3.63) is 72.3 Å². The minimum Gasteiger partial charge on any atom is -0.334 e. The standard InChI is InChI=1S/C18H14N4O2S/c23-18(21-24)13-3-1-12(2-4-13)11-22-14-5-7-20-10-17(14)25-16-6-8-19-9-15(16)22/h1-10,24H,11H2,(H,21,23). The second-order valence-corrected chi connectivity index (χ2v) is 6.60. The molecule has 1 aliphatic heterocycles. The fraction of sp³-hybridized carbons (Fsp3) is 0.0556. The Kier molecular flexibility index (Phi) is 4.09. The van der Waals surface area contributed by atoms with E-state index >= 15 is 0 Å². The molecule has 1 aromatic carbocycles.